The van der Waals surface area contributed by atoms with Crippen molar-refractivity contribution in [1.29, 1.82) is 0 Å². The lowest BCUT2D eigenvalue weighted by Crippen LogP contribution is -2.15. The number of fused-ring (bicyclic) bond motifs is 3. The molecule has 0 radical (unpaired) electrons. The summed E-state index contributed by atoms with van der Waals surface area (Å²) >= 11 is 0. The summed E-state index contributed by atoms with van der Waals surface area (Å²) in [5.41, 5.74) is 3.20. The van der Waals surface area contributed by atoms with Crippen LogP contribution < -0.4 is 0 Å². The van der Waals surface area contributed by atoms with Crippen molar-refractivity contribution in [3.8, 4) is 0 Å². The molecule has 66 valence electrons. The van der Waals surface area contributed by atoms with Crippen molar-refractivity contribution in [1.82, 2.24) is 0 Å². The topological polar surface area (TPSA) is 0 Å². The van der Waals surface area contributed by atoms with E-state index in [2.05, 4.69) is 36.4 Å². The van der Waals surface area contributed by atoms with Gasteiger partial charge in [-0.15, -0.1) is 0 Å². The molecule has 0 nitrogen and oxygen atoms in total. The van der Waals surface area contributed by atoms with Crippen LogP contribution in [-0.4, -0.2) is 0 Å². The van der Waals surface area contributed by atoms with Gasteiger partial charge in [0, 0.05) is 0 Å². The maximum absolute atomic E-state index is 2.42. The van der Waals surface area contributed by atoms with Gasteiger partial charge in [-0.25, -0.2) is 0 Å². The SMILES string of the molecule is C1=CC2CCc3ccccc3C2C1. The zero-order valence-electron chi connectivity index (χ0n) is 7.74. The van der Waals surface area contributed by atoms with Gasteiger partial charge in [-0.1, -0.05) is 36.4 Å². The maximum atomic E-state index is 2.42. The van der Waals surface area contributed by atoms with Gasteiger partial charge in [-0.3, -0.25) is 0 Å². The second-order valence-electron chi connectivity index (χ2n) is 4.17. The molecule has 0 spiro atoms. The molecule has 0 heteroatoms. The van der Waals surface area contributed by atoms with E-state index < -0.39 is 0 Å². The summed E-state index contributed by atoms with van der Waals surface area (Å²) in [6.07, 6.45) is 8.68. The van der Waals surface area contributed by atoms with Crippen molar-refractivity contribution < 1.29 is 0 Å². The molecular weight excluding hydrogens is 156 g/mol. The first-order chi connectivity index (χ1) is 6.45. The third-order valence-corrected chi connectivity index (χ3v) is 3.49. The lowest BCUT2D eigenvalue weighted by molar-refractivity contribution is 0.472. The average molecular weight is 170 g/mol. The Morgan fingerprint density at radius 2 is 2.08 bits per heavy atom. The van der Waals surface area contributed by atoms with Crippen LogP contribution in [0.25, 0.3) is 0 Å². The van der Waals surface area contributed by atoms with Gasteiger partial charge in [0.05, 0.1) is 0 Å². The molecule has 2 aliphatic carbocycles. The van der Waals surface area contributed by atoms with Crippen LogP contribution in [0.15, 0.2) is 36.4 Å². The molecule has 13 heavy (non-hydrogen) atoms. The molecular formula is C13H14. The molecule has 2 unspecified atom stereocenters. The van der Waals surface area contributed by atoms with Crippen molar-refractivity contribution in [3.05, 3.63) is 47.5 Å². The van der Waals surface area contributed by atoms with E-state index in [9.17, 15) is 0 Å². The number of hydrogen-bond donors (Lipinski definition) is 0. The first-order valence-corrected chi connectivity index (χ1v) is 5.19. The molecule has 0 heterocycles. The Morgan fingerprint density at radius 3 is 3.08 bits per heavy atom. The van der Waals surface area contributed by atoms with Gasteiger partial charge < -0.3 is 0 Å². The van der Waals surface area contributed by atoms with E-state index in [0.29, 0.717) is 0 Å². The minimum atomic E-state index is 0.810. The lowest BCUT2D eigenvalue weighted by Gasteiger charge is -2.27. The fraction of sp³-hybridized carbons (Fsp3) is 0.385. The zero-order valence-corrected chi connectivity index (χ0v) is 7.74. The molecule has 0 aromatic heterocycles. The summed E-state index contributed by atoms with van der Waals surface area (Å²) in [6.45, 7) is 0. The van der Waals surface area contributed by atoms with E-state index in [0.717, 1.165) is 11.8 Å². The Balaban J connectivity index is 2.08. The first-order valence-electron chi connectivity index (χ1n) is 5.19. The van der Waals surface area contributed by atoms with E-state index in [1.807, 2.05) is 0 Å². The van der Waals surface area contributed by atoms with Gasteiger partial charge in [0.15, 0.2) is 0 Å². The van der Waals surface area contributed by atoms with Gasteiger partial charge in [-0.05, 0) is 42.2 Å². The van der Waals surface area contributed by atoms with Crippen molar-refractivity contribution in [3.63, 3.8) is 0 Å². The normalized spacial score (nSPS) is 29.8. The first kappa shape index (κ1) is 7.37. The highest BCUT2D eigenvalue weighted by atomic mass is 14.3. The van der Waals surface area contributed by atoms with E-state index in [-0.39, 0.29) is 0 Å². The van der Waals surface area contributed by atoms with Gasteiger partial charge >= 0.3 is 0 Å². The zero-order chi connectivity index (χ0) is 8.67. The molecule has 0 amide bonds. The largest absolute Gasteiger partial charge is 0.0876 e. The Hall–Kier alpha value is -1.04. The molecule has 1 aromatic carbocycles. The van der Waals surface area contributed by atoms with Gasteiger partial charge in [0.25, 0.3) is 0 Å². The molecule has 0 bridgehead atoms. The predicted molar refractivity (Wildman–Crippen MR) is 54.8 cm³/mol. The smallest absolute Gasteiger partial charge is 0.00616 e. The fourth-order valence-electron chi connectivity index (χ4n) is 2.81. The molecule has 0 N–H and O–H groups in total. The Morgan fingerprint density at radius 1 is 1.15 bits per heavy atom. The molecule has 2 aliphatic rings. The molecule has 1 aromatic rings. The van der Waals surface area contributed by atoms with Gasteiger partial charge in [-0.2, -0.15) is 0 Å². The Bertz CT molecular complexity index is 349. The summed E-state index contributed by atoms with van der Waals surface area (Å²) in [5.74, 6) is 1.65. The Labute approximate surface area is 79.3 Å². The Kier molecular flexibility index (Phi) is 1.55. The second kappa shape index (κ2) is 2.73. The monoisotopic (exact) mass is 170 g/mol. The second-order valence-corrected chi connectivity index (χ2v) is 4.17. The number of aryl methyl sites for hydroxylation is 1. The van der Waals surface area contributed by atoms with E-state index in [1.54, 1.807) is 11.1 Å². The van der Waals surface area contributed by atoms with Crippen molar-refractivity contribution >= 4 is 0 Å². The van der Waals surface area contributed by atoms with Crippen LogP contribution in [-0.2, 0) is 6.42 Å². The van der Waals surface area contributed by atoms with Crippen LogP contribution in [0, 0.1) is 5.92 Å². The van der Waals surface area contributed by atoms with Crippen LogP contribution in [0.3, 0.4) is 0 Å². The average Bonchev–Trinajstić information content (AvgIpc) is 2.65. The molecule has 0 aliphatic heterocycles. The third kappa shape index (κ3) is 1.05. The quantitative estimate of drug-likeness (QED) is 0.524. The van der Waals surface area contributed by atoms with Crippen LogP contribution >= 0.6 is 0 Å². The predicted octanol–water partition coefficient (Wildman–Crippen LogP) is 3.29. The van der Waals surface area contributed by atoms with E-state index in [1.165, 1.54) is 19.3 Å². The minimum absolute atomic E-state index is 0.810. The number of rotatable bonds is 0. The van der Waals surface area contributed by atoms with Crippen molar-refractivity contribution in [2.24, 2.45) is 5.92 Å². The summed E-state index contributed by atoms with van der Waals surface area (Å²) in [7, 11) is 0. The molecule has 0 saturated carbocycles. The summed E-state index contributed by atoms with van der Waals surface area (Å²) < 4.78 is 0. The number of benzene rings is 1. The summed E-state index contributed by atoms with van der Waals surface area (Å²) in [6, 6.07) is 8.96. The van der Waals surface area contributed by atoms with Gasteiger partial charge in [0.2, 0.25) is 0 Å². The number of allylic oxidation sites excluding steroid dienone is 2. The third-order valence-electron chi connectivity index (χ3n) is 3.49. The summed E-state index contributed by atoms with van der Waals surface area (Å²) in [4.78, 5) is 0. The molecule has 0 saturated heterocycles. The van der Waals surface area contributed by atoms with Crippen molar-refractivity contribution in [2.45, 2.75) is 25.2 Å². The van der Waals surface area contributed by atoms with Crippen molar-refractivity contribution in [2.75, 3.05) is 0 Å². The van der Waals surface area contributed by atoms with Crippen LogP contribution in [0.4, 0.5) is 0 Å². The standard InChI is InChI=1S/C13H14/c1-2-6-12-10(4-1)8-9-11-5-3-7-13(11)12/h1-6,11,13H,7-9H2. The van der Waals surface area contributed by atoms with Gasteiger partial charge in [0.1, 0.15) is 0 Å². The van der Waals surface area contributed by atoms with Crippen LogP contribution in [0.2, 0.25) is 0 Å². The molecule has 0 fully saturated rings. The van der Waals surface area contributed by atoms with E-state index >= 15 is 0 Å². The molecule has 3 rings (SSSR count). The highest BCUT2D eigenvalue weighted by Crippen LogP contribution is 2.42. The maximum Gasteiger partial charge on any atom is -0.00616 e. The summed E-state index contributed by atoms with van der Waals surface area (Å²) in [5, 5.41) is 0. The van der Waals surface area contributed by atoms with Crippen LogP contribution in [0.5, 0.6) is 0 Å². The lowest BCUT2D eigenvalue weighted by atomic mass is 9.77. The molecule has 2 atom stereocenters. The highest BCUT2D eigenvalue weighted by Gasteiger charge is 2.29. The van der Waals surface area contributed by atoms with E-state index in [4.69, 9.17) is 0 Å². The number of hydrogen-bond acceptors (Lipinski definition) is 0. The minimum Gasteiger partial charge on any atom is -0.0876 e. The fourth-order valence-corrected chi connectivity index (χ4v) is 2.81. The van der Waals surface area contributed by atoms with Crippen LogP contribution in [0.1, 0.15) is 29.9 Å². The highest BCUT2D eigenvalue weighted by molar-refractivity contribution is 5.36.